The van der Waals surface area contributed by atoms with Gasteiger partial charge in [-0.2, -0.15) is 0 Å². The number of alkyl carbamates (subject to hydrolysis) is 1. The number of hydrogen-bond acceptors (Lipinski definition) is 9. The molecule has 2 aliphatic rings. The van der Waals surface area contributed by atoms with Gasteiger partial charge in [0.05, 0.1) is 55.8 Å². The molecule has 4 rings (SSSR count). The van der Waals surface area contributed by atoms with Crippen LogP contribution in [0.4, 0.5) is 16.2 Å². The van der Waals surface area contributed by atoms with Gasteiger partial charge in [-0.05, 0) is 69.2 Å². The van der Waals surface area contributed by atoms with Crippen LogP contribution >= 0.6 is 11.6 Å². The number of sulfonamides is 1. The zero-order valence-electron chi connectivity index (χ0n) is 25.4. The number of amides is 2. The molecule has 2 saturated heterocycles. The monoisotopic (exact) mass is 652 g/mol. The highest BCUT2D eigenvalue weighted by Crippen LogP contribution is 2.30. The molecule has 0 saturated carbocycles. The normalized spacial score (nSPS) is 16.0. The van der Waals surface area contributed by atoms with Crippen LogP contribution in [0.25, 0.3) is 0 Å². The van der Waals surface area contributed by atoms with Crippen LogP contribution in [-0.2, 0) is 35.4 Å². The maximum absolute atomic E-state index is 13.9. The average Bonchev–Trinajstić information content (AvgIpc) is 2.98. The minimum absolute atomic E-state index is 0.0268. The Morgan fingerprint density at radius 1 is 0.955 bits per heavy atom. The molecule has 0 unspecified atom stereocenters. The van der Waals surface area contributed by atoms with Crippen LogP contribution in [0.15, 0.2) is 41.3 Å². The van der Waals surface area contributed by atoms with Crippen molar-refractivity contribution in [3.05, 3.63) is 52.5 Å². The number of ether oxygens (including phenoxy) is 4. The number of carbonyl (C=O) groups excluding carboxylic acids is 2. The molecule has 0 radical (unpaired) electrons. The van der Waals surface area contributed by atoms with E-state index in [1.807, 2.05) is 6.07 Å². The standard InChI is InChI=1S/C30H41ClN4O8S/c1-30(2,3)43-29(37)32-9-15-40-14-8-22-20-23(31)4-7-27(22)44(38,39)33-26-21-24(34-10-16-41-17-11-34)5-6-25(26)28(36)35-12-18-42-19-13-35/h4-7,20-21,33H,8-19H2,1-3H3,(H,32,37). The van der Waals surface area contributed by atoms with Gasteiger partial charge in [-0.15, -0.1) is 0 Å². The molecule has 12 nitrogen and oxygen atoms in total. The molecular formula is C30H41ClN4O8S. The van der Waals surface area contributed by atoms with Crippen LogP contribution in [0.5, 0.6) is 0 Å². The summed E-state index contributed by atoms with van der Waals surface area (Å²) in [5.74, 6) is -0.274. The van der Waals surface area contributed by atoms with Crippen LogP contribution in [0.2, 0.25) is 5.02 Å². The van der Waals surface area contributed by atoms with Crippen molar-refractivity contribution in [3.63, 3.8) is 0 Å². The maximum Gasteiger partial charge on any atom is 0.407 e. The van der Waals surface area contributed by atoms with E-state index >= 15 is 0 Å². The van der Waals surface area contributed by atoms with Crippen LogP contribution in [0.3, 0.4) is 0 Å². The fourth-order valence-electron chi connectivity index (χ4n) is 4.79. The summed E-state index contributed by atoms with van der Waals surface area (Å²) < 4.78 is 52.1. The molecule has 0 bridgehead atoms. The van der Waals surface area contributed by atoms with Crippen molar-refractivity contribution in [1.29, 1.82) is 0 Å². The second-order valence-electron chi connectivity index (χ2n) is 11.4. The zero-order chi connectivity index (χ0) is 31.7. The molecule has 2 fully saturated rings. The van der Waals surface area contributed by atoms with Crippen molar-refractivity contribution < 1.29 is 37.0 Å². The van der Waals surface area contributed by atoms with E-state index in [2.05, 4.69) is 14.9 Å². The molecule has 2 aromatic rings. The summed E-state index contributed by atoms with van der Waals surface area (Å²) in [6.07, 6.45) is -0.295. The molecule has 0 aromatic heterocycles. The third-order valence-corrected chi connectivity index (χ3v) is 8.60. The van der Waals surface area contributed by atoms with Gasteiger partial charge in [0.1, 0.15) is 5.60 Å². The summed E-state index contributed by atoms with van der Waals surface area (Å²) in [6, 6.07) is 9.74. The Balaban J connectivity index is 1.50. The number of nitrogens with zero attached hydrogens (tertiary/aromatic N) is 2. The van der Waals surface area contributed by atoms with Crippen LogP contribution < -0.4 is 14.9 Å². The van der Waals surface area contributed by atoms with Crippen molar-refractivity contribution in [2.75, 3.05) is 82.0 Å². The van der Waals surface area contributed by atoms with Crippen molar-refractivity contribution in [1.82, 2.24) is 10.2 Å². The second kappa shape index (κ2) is 15.3. The molecule has 242 valence electrons. The number of anilines is 2. The van der Waals surface area contributed by atoms with E-state index < -0.39 is 21.7 Å². The predicted molar refractivity (Wildman–Crippen MR) is 167 cm³/mol. The lowest BCUT2D eigenvalue weighted by Crippen LogP contribution is -2.41. The predicted octanol–water partition coefficient (Wildman–Crippen LogP) is 3.53. The molecule has 44 heavy (non-hydrogen) atoms. The third kappa shape index (κ3) is 9.70. The summed E-state index contributed by atoms with van der Waals surface area (Å²) in [6.45, 7) is 10.1. The lowest BCUT2D eigenvalue weighted by atomic mass is 10.1. The van der Waals surface area contributed by atoms with E-state index in [-0.39, 0.29) is 48.2 Å². The number of hydrogen-bond donors (Lipinski definition) is 2. The fourth-order valence-corrected chi connectivity index (χ4v) is 6.30. The number of rotatable bonds is 11. The lowest BCUT2D eigenvalue weighted by molar-refractivity contribution is 0.0303. The Kier molecular flexibility index (Phi) is 11.7. The van der Waals surface area contributed by atoms with Crippen LogP contribution in [0, 0.1) is 0 Å². The van der Waals surface area contributed by atoms with Crippen LogP contribution in [-0.4, -0.2) is 103 Å². The average molecular weight is 653 g/mol. The number of nitrogens with one attached hydrogen (secondary N) is 2. The number of benzene rings is 2. The summed E-state index contributed by atoms with van der Waals surface area (Å²) in [4.78, 5) is 29.1. The maximum atomic E-state index is 13.9. The first-order valence-electron chi connectivity index (χ1n) is 14.6. The number of halogens is 1. The zero-order valence-corrected chi connectivity index (χ0v) is 27.0. The van der Waals surface area contributed by atoms with E-state index in [1.54, 1.807) is 43.9 Å². The molecule has 14 heteroatoms. The van der Waals surface area contributed by atoms with E-state index in [4.69, 9.17) is 30.5 Å². The summed E-state index contributed by atoms with van der Waals surface area (Å²) in [5.41, 5.74) is 1.08. The minimum atomic E-state index is -4.15. The quantitative estimate of drug-likeness (QED) is 0.350. The van der Waals surface area contributed by atoms with E-state index in [1.165, 1.54) is 12.1 Å². The summed E-state index contributed by atoms with van der Waals surface area (Å²) in [7, 11) is -4.15. The van der Waals surface area contributed by atoms with Gasteiger partial charge in [0.25, 0.3) is 15.9 Å². The highest BCUT2D eigenvalue weighted by molar-refractivity contribution is 7.92. The van der Waals surface area contributed by atoms with Gasteiger partial charge in [-0.3, -0.25) is 9.52 Å². The Labute approximate surface area is 264 Å². The molecule has 0 atom stereocenters. The molecule has 0 aliphatic carbocycles. The summed E-state index contributed by atoms with van der Waals surface area (Å²) >= 11 is 6.24. The second-order valence-corrected chi connectivity index (χ2v) is 13.5. The highest BCUT2D eigenvalue weighted by Gasteiger charge is 2.26. The SMILES string of the molecule is CC(C)(C)OC(=O)NCCOCCc1cc(Cl)ccc1S(=O)(=O)Nc1cc(N2CCOCC2)ccc1C(=O)N1CCOCC1. The smallest absolute Gasteiger partial charge is 0.407 e. The first kappa shape index (κ1) is 33.8. The minimum Gasteiger partial charge on any atom is -0.444 e. The molecule has 2 heterocycles. The lowest BCUT2D eigenvalue weighted by Gasteiger charge is -2.30. The van der Waals surface area contributed by atoms with Gasteiger partial charge in [-0.25, -0.2) is 13.2 Å². The number of carbonyl (C=O) groups is 2. The largest absolute Gasteiger partial charge is 0.444 e. The van der Waals surface area contributed by atoms with Crippen molar-refractivity contribution in [2.24, 2.45) is 0 Å². The molecular weight excluding hydrogens is 612 g/mol. The van der Waals surface area contributed by atoms with E-state index in [9.17, 15) is 18.0 Å². The molecule has 2 aliphatic heterocycles. The fraction of sp³-hybridized carbons (Fsp3) is 0.533. The Bertz CT molecular complexity index is 1400. The Hall–Kier alpha value is -3.10. The highest BCUT2D eigenvalue weighted by atomic mass is 35.5. The van der Waals surface area contributed by atoms with Gasteiger partial charge in [0.2, 0.25) is 0 Å². The first-order chi connectivity index (χ1) is 20.9. The first-order valence-corrected chi connectivity index (χ1v) is 16.5. The van der Waals surface area contributed by atoms with Gasteiger partial charge in [0.15, 0.2) is 0 Å². The number of morpholine rings is 2. The molecule has 2 N–H and O–H groups in total. The van der Waals surface area contributed by atoms with Crippen LogP contribution in [0.1, 0.15) is 36.7 Å². The van der Waals surface area contributed by atoms with E-state index in [0.717, 1.165) is 5.69 Å². The molecule has 2 amide bonds. The Morgan fingerprint density at radius 2 is 1.64 bits per heavy atom. The van der Waals surface area contributed by atoms with Crippen molar-refractivity contribution in [3.8, 4) is 0 Å². The van der Waals surface area contributed by atoms with Gasteiger partial charge in [-0.1, -0.05) is 11.6 Å². The Morgan fingerprint density at radius 3 is 2.32 bits per heavy atom. The van der Waals surface area contributed by atoms with E-state index in [0.29, 0.717) is 63.2 Å². The molecule has 0 spiro atoms. The van der Waals surface area contributed by atoms with Gasteiger partial charge < -0.3 is 34.1 Å². The summed E-state index contributed by atoms with van der Waals surface area (Å²) in [5, 5.41) is 2.99. The third-order valence-electron chi connectivity index (χ3n) is 6.89. The van der Waals surface area contributed by atoms with Crippen molar-refractivity contribution in [2.45, 2.75) is 37.7 Å². The van der Waals surface area contributed by atoms with Gasteiger partial charge in [0, 0.05) is 43.4 Å². The molecule has 2 aromatic carbocycles. The van der Waals surface area contributed by atoms with Crippen molar-refractivity contribution >= 4 is 45.0 Å². The van der Waals surface area contributed by atoms with Gasteiger partial charge >= 0.3 is 6.09 Å². The topological polar surface area (TPSA) is 136 Å².